The minimum absolute atomic E-state index is 0.706. The van der Waals surface area contributed by atoms with Gasteiger partial charge in [-0.25, -0.2) is 0 Å². The first kappa shape index (κ1) is 11.2. The van der Waals surface area contributed by atoms with E-state index in [-0.39, 0.29) is 0 Å². The van der Waals surface area contributed by atoms with Crippen LogP contribution in [0.5, 0.6) is 0 Å². The summed E-state index contributed by atoms with van der Waals surface area (Å²) in [5.41, 5.74) is 1.46. The summed E-state index contributed by atoms with van der Waals surface area (Å²) in [5, 5.41) is 5.82. The zero-order chi connectivity index (χ0) is 10.7. The number of nitrogens with one attached hydrogen (secondary N) is 1. The molecule has 0 bridgehead atoms. The molecule has 1 aromatic heterocycles. The summed E-state index contributed by atoms with van der Waals surface area (Å²) in [6.45, 7) is 5.66. The normalized spacial score (nSPS) is 18.0. The predicted octanol–water partition coefficient (Wildman–Crippen LogP) is 3.38. The van der Waals surface area contributed by atoms with Gasteiger partial charge in [0.2, 0.25) is 0 Å². The van der Waals surface area contributed by atoms with Crippen molar-refractivity contribution < 1.29 is 0 Å². The zero-order valence-corrected chi connectivity index (χ0v) is 10.6. The Bertz CT molecular complexity index is 301. The molecule has 0 spiro atoms. The lowest BCUT2D eigenvalue weighted by molar-refractivity contribution is 0.492. The van der Waals surface area contributed by atoms with E-state index in [0.717, 1.165) is 12.5 Å². The Morgan fingerprint density at radius 2 is 2.33 bits per heavy atom. The Balaban J connectivity index is 1.63. The standard InChI is InChI=1S/C13H21NS/c1-10-6-8-15-13(10)5-7-14-11(2)9-12-3-4-12/h6,8,11-12,14H,3-5,7,9H2,1-2H3. The molecule has 0 saturated heterocycles. The van der Waals surface area contributed by atoms with Gasteiger partial charge >= 0.3 is 0 Å². The number of hydrogen-bond donors (Lipinski definition) is 1. The Morgan fingerprint density at radius 1 is 1.53 bits per heavy atom. The Morgan fingerprint density at radius 3 is 2.93 bits per heavy atom. The monoisotopic (exact) mass is 223 g/mol. The molecule has 1 N–H and O–H groups in total. The molecule has 0 aliphatic heterocycles. The van der Waals surface area contributed by atoms with Gasteiger partial charge in [0.1, 0.15) is 0 Å². The second-order valence-corrected chi connectivity index (χ2v) is 5.81. The van der Waals surface area contributed by atoms with Gasteiger partial charge in [0.25, 0.3) is 0 Å². The van der Waals surface area contributed by atoms with Gasteiger partial charge in [0.15, 0.2) is 0 Å². The molecule has 84 valence electrons. The fraction of sp³-hybridized carbons (Fsp3) is 0.692. The molecule has 0 amide bonds. The molecule has 2 rings (SSSR count). The smallest absolute Gasteiger partial charge is 0.00870 e. The van der Waals surface area contributed by atoms with Crippen molar-refractivity contribution in [2.75, 3.05) is 6.54 Å². The molecule has 1 atom stereocenters. The summed E-state index contributed by atoms with van der Waals surface area (Å²) in [5.74, 6) is 1.04. The second-order valence-electron chi connectivity index (χ2n) is 4.81. The molecule has 1 aliphatic rings. The fourth-order valence-electron chi connectivity index (χ4n) is 2.03. The molecular weight excluding hydrogens is 202 g/mol. The Hall–Kier alpha value is -0.340. The van der Waals surface area contributed by atoms with E-state index in [4.69, 9.17) is 0 Å². The van der Waals surface area contributed by atoms with E-state index in [1.165, 1.54) is 31.2 Å². The van der Waals surface area contributed by atoms with Gasteiger partial charge < -0.3 is 5.32 Å². The van der Waals surface area contributed by atoms with Crippen molar-refractivity contribution in [1.82, 2.24) is 5.32 Å². The lowest BCUT2D eigenvalue weighted by Gasteiger charge is -2.12. The topological polar surface area (TPSA) is 12.0 Å². The van der Waals surface area contributed by atoms with Crippen LogP contribution in [0.2, 0.25) is 0 Å². The Kier molecular flexibility index (Phi) is 3.81. The first-order valence-electron chi connectivity index (χ1n) is 6.02. The zero-order valence-electron chi connectivity index (χ0n) is 9.75. The lowest BCUT2D eigenvalue weighted by Crippen LogP contribution is -2.28. The average molecular weight is 223 g/mol. The third kappa shape index (κ3) is 3.62. The summed E-state index contributed by atoms with van der Waals surface area (Å²) in [4.78, 5) is 1.54. The third-order valence-electron chi connectivity index (χ3n) is 3.20. The summed E-state index contributed by atoms with van der Waals surface area (Å²) in [7, 11) is 0. The van der Waals surface area contributed by atoms with E-state index < -0.39 is 0 Å². The maximum atomic E-state index is 3.63. The summed E-state index contributed by atoms with van der Waals surface area (Å²) in [6, 6.07) is 2.92. The highest BCUT2D eigenvalue weighted by Crippen LogP contribution is 2.33. The molecule has 1 heterocycles. The molecule has 1 unspecified atom stereocenters. The van der Waals surface area contributed by atoms with E-state index in [1.807, 2.05) is 11.3 Å². The van der Waals surface area contributed by atoms with Crippen LogP contribution >= 0.6 is 11.3 Å². The van der Waals surface area contributed by atoms with Crippen LogP contribution in [0.1, 0.15) is 36.6 Å². The highest BCUT2D eigenvalue weighted by molar-refractivity contribution is 7.10. The van der Waals surface area contributed by atoms with Crippen molar-refractivity contribution in [3.63, 3.8) is 0 Å². The quantitative estimate of drug-likeness (QED) is 0.779. The SMILES string of the molecule is Cc1ccsc1CCNC(C)CC1CC1. The molecule has 15 heavy (non-hydrogen) atoms. The molecule has 1 aromatic rings. The summed E-state index contributed by atoms with van der Waals surface area (Å²) < 4.78 is 0. The third-order valence-corrected chi connectivity index (χ3v) is 4.28. The fourth-order valence-corrected chi connectivity index (χ4v) is 2.94. The van der Waals surface area contributed by atoms with Crippen LogP contribution in [0.3, 0.4) is 0 Å². The highest BCUT2D eigenvalue weighted by Gasteiger charge is 2.23. The van der Waals surface area contributed by atoms with E-state index >= 15 is 0 Å². The highest BCUT2D eigenvalue weighted by atomic mass is 32.1. The molecule has 1 aliphatic carbocycles. The largest absolute Gasteiger partial charge is 0.314 e. The molecule has 0 aromatic carbocycles. The van der Waals surface area contributed by atoms with Crippen molar-refractivity contribution >= 4 is 11.3 Å². The minimum atomic E-state index is 0.706. The van der Waals surface area contributed by atoms with Crippen molar-refractivity contribution in [3.05, 3.63) is 21.9 Å². The van der Waals surface area contributed by atoms with Crippen LogP contribution in [-0.4, -0.2) is 12.6 Å². The maximum Gasteiger partial charge on any atom is 0.00870 e. The molecule has 0 radical (unpaired) electrons. The lowest BCUT2D eigenvalue weighted by atomic mass is 10.1. The van der Waals surface area contributed by atoms with Crippen LogP contribution in [0.4, 0.5) is 0 Å². The summed E-state index contributed by atoms with van der Waals surface area (Å²) in [6.07, 6.45) is 5.51. The maximum absolute atomic E-state index is 3.63. The molecule has 1 nitrogen and oxygen atoms in total. The molecule has 1 fully saturated rings. The first-order valence-corrected chi connectivity index (χ1v) is 6.90. The van der Waals surface area contributed by atoms with Gasteiger partial charge in [-0.05, 0) is 49.6 Å². The number of aryl methyl sites for hydroxylation is 1. The Labute approximate surface area is 96.9 Å². The van der Waals surface area contributed by atoms with Crippen molar-refractivity contribution in [2.45, 2.75) is 45.6 Å². The van der Waals surface area contributed by atoms with Gasteiger partial charge in [0.05, 0.1) is 0 Å². The minimum Gasteiger partial charge on any atom is -0.314 e. The molecular formula is C13H21NS. The van der Waals surface area contributed by atoms with E-state index in [0.29, 0.717) is 6.04 Å². The van der Waals surface area contributed by atoms with Crippen LogP contribution < -0.4 is 5.32 Å². The molecule has 1 saturated carbocycles. The van der Waals surface area contributed by atoms with Crippen LogP contribution in [0.15, 0.2) is 11.4 Å². The molecule has 2 heteroatoms. The van der Waals surface area contributed by atoms with Crippen molar-refractivity contribution in [1.29, 1.82) is 0 Å². The van der Waals surface area contributed by atoms with Crippen LogP contribution in [-0.2, 0) is 6.42 Å². The van der Waals surface area contributed by atoms with E-state index in [9.17, 15) is 0 Å². The van der Waals surface area contributed by atoms with Gasteiger partial charge in [-0.2, -0.15) is 0 Å². The average Bonchev–Trinajstić information content (AvgIpc) is 2.91. The van der Waals surface area contributed by atoms with E-state index in [1.54, 1.807) is 4.88 Å². The van der Waals surface area contributed by atoms with Gasteiger partial charge in [-0.3, -0.25) is 0 Å². The van der Waals surface area contributed by atoms with Gasteiger partial charge in [-0.1, -0.05) is 12.8 Å². The van der Waals surface area contributed by atoms with Crippen molar-refractivity contribution in [3.8, 4) is 0 Å². The predicted molar refractivity (Wildman–Crippen MR) is 67.6 cm³/mol. The number of hydrogen-bond acceptors (Lipinski definition) is 2. The number of thiophene rings is 1. The van der Waals surface area contributed by atoms with Crippen LogP contribution in [0.25, 0.3) is 0 Å². The van der Waals surface area contributed by atoms with Gasteiger partial charge in [-0.15, -0.1) is 11.3 Å². The second kappa shape index (κ2) is 5.13. The number of rotatable bonds is 6. The van der Waals surface area contributed by atoms with E-state index in [2.05, 4.69) is 30.6 Å². The van der Waals surface area contributed by atoms with Gasteiger partial charge in [0, 0.05) is 17.5 Å². The first-order chi connectivity index (χ1) is 7.25. The van der Waals surface area contributed by atoms with Crippen molar-refractivity contribution in [2.24, 2.45) is 5.92 Å². The van der Waals surface area contributed by atoms with Crippen LogP contribution in [0, 0.1) is 12.8 Å². The summed E-state index contributed by atoms with van der Waals surface area (Å²) >= 11 is 1.89.